The molecule has 2 aromatic rings. The highest BCUT2D eigenvalue weighted by Crippen LogP contribution is 2.55. The van der Waals surface area contributed by atoms with E-state index in [4.69, 9.17) is 4.74 Å². The van der Waals surface area contributed by atoms with Crippen LogP contribution in [0.3, 0.4) is 0 Å². The van der Waals surface area contributed by atoms with E-state index in [0.29, 0.717) is 39.0 Å². The van der Waals surface area contributed by atoms with Gasteiger partial charge in [-0.2, -0.15) is 0 Å². The number of carboxylic acids is 1. The molecule has 9 nitrogen and oxygen atoms in total. The number of nitrogens with zero attached hydrogens (tertiary/aromatic N) is 2. The highest BCUT2D eigenvalue weighted by Gasteiger charge is 2.51. The Morgan fingerprint density at radius 2 is 1.50 bits per heavy atom. The summed E-state index contributed by atoms with van der Waals surface area (Å²) in [6.07, 6.45) is 5.57. The Bertz CT molecular complexity index is 1680. The van der Waals surface area contributed by atoms with Gasteiger partial charge in [-0.3, -0.25) is 9.59 Å². The van der Waals surface area contributed by atoms with E-state index >= 15 is 0 Å². The molecular formula is C41H53N3O6. The van der Waals surface area contributed by atoms with E-state index in [-0.39, 0.29) is 34.1 Å². The summed E-state index contributed by atoms with van der Waals surface area (Å²) in [6, 6.07) is 16.3. The molecule has 1 fully saturated rings. The number of nitrogens with one attached hydrogen (secondary N) is 1. The number of hydrogen-bond acceptors (Lipinski definition) is 5. The zero-order valence-corrected chi connectivity index (χ0v) is 30.8. The van der Waals surface area contributed by atoms with Crippen molar-refractivity contribution in [2.24, 2.45) is 16.7 Å². The van der Waals surface area contributed by atoms with Crippen molar-refractivity contribution in [2.75, 3.05) is 26.2 Å². The van der Waals surface area contributed by atoms with Gasteiger partial charge >= 0.3 is 12.1 Å². The average molecular weight is 684 g/mol. The third-order valence-corrected chi connectivity index (χ3v) is 10.8. The van der Waals surface area contributed by atoms with Crippen molar-refractivity contribution < 1.29 is 29.0 Å². The second-order valence-corrected chi connectivity index (χ2v) is 16.3. The van der Waals surface area contributed by atoms with E-state index in [1.54, 1.807) is 37.8 Å². The van der Waals surface area contributed by atoms with E-state index in [1.807, 2.05) is 61.2 Å². The number of rotatable bonds is 7. The van der Waals surface area contributed by atoms with Gasteiger partial charge in [0.1, 0.15) is 11.6 Å². The maximum atomic E-state index is 14.9. The smallest absolute Gasteiger partial charge is 0.408 e. The summed E-state index contributed by atoms with van der Waals surface area (Å²) in [5, 5.41) is 12.2. The number of carboxylic acid groups (broad SMARTS) is 1. The Hall–Kier alpha value is -4.40. The lowest BCUT2D eigenvalue weighted by molar-refractivity contribution is -0.145. The maximum Gasteiger partial charge on any atom is 0.408 e. The molecule has 5 rings (SSSR count). The summed E-state index contributed by atoms with van der Waals surface area (Å²) in [4.78, 5) is 56.5. The molecular weight excluding hydrogens is 630 g/mol. The van der Waals surface area contributed by atoms with Gasteiger partial charge in [0.25, 0.3) is 0 Å². The van der Waals surface area contributed by atoms with E-state index < -0.39 is 29.1 Å². The largest absolute Gasteiger partial charge is 0.478 e. The van der Waals surface area contributed by atoms with Crippen LogP contribution in [0.2, 0.25) is 0 Å². The van der Waals surface area contributed by atoms with E-state index in [9.17, 15) is 24.3 Å². The van der Waals surface area contributed by atoms with Crippen LogP contribution in [0, 0.1) is 16.7 Å². The molecule has 0 saturated carbocycles. The molecule has 0 aromatic heterocycles. The summed E-state index contributed by atoms with van der Waals surface area (Å²) < 4.78 is 5.45. The first-order valence-electron chi connectivity index (χ1n) is 17.8. The molecule has 0 unspecified atom stereocenters. The fourth-order valence-electron chi connectivity index (χ4n) is 8.30. The second kappa shape index (κ2) is 13.7. The molecule has 2 atom stereocenters. The molecule has 2 aliphatic heterocycles. The number of piperidine rings is 1. The van der Waals surface area contributed by atoms with Crippen molar-refractivity contribution >= 4 is 29.5 Å². The zero-order chi connectivity index (χ0) is 36.6. The average Bonchev–Trinajstić information content (AvgIpc) is 3.05. The fraction of sp³-hybridized carbons (Fsp3) is 0.512. The number of amides is 3. The molecule has 1 aliphatic carbocycles. The number of likely N-dealkylation sites (tertiary alicyclic amines) is 1. The Morgan fingerprint density at radius 1 is 0.880 bits per heavy atom. The lowest BCUT2D eigenvalue weighted by atomic mass is 9.58. The van der Waals surface area contributed by atoms with Gasteiger partial charge in [-0.25, -0.2) is 9.59 Å². The van der Waals surface area contributed by atoms with E-state index in [1.165, 1.54) is 5.57 Å². The highest BCUT2D eigenvalue weighted by molar-refractivity contribution is 5.91. The molecule has 0 radical (unpaired) electrons. The minimum absolute atomic E-state index is 0.0801. The Balaban J connectivity index is 1.36. The third kappa shape index (κ3) is 7.23. The number of allylic oxidation sites excluding steroid dienone is 2. The van der Waals surface area contributed by atoms with Crippen LogP contribution in [-0.2, 0) is 19.7 Å². The maximum absolute atomic E-state index is 14.9. The van der Waals surface area contributed by atoms with Gasteiger partial charge in [-0.15, -0.1) is 0 Å². The van der Waals surface area contributed by atoms with Crippen LogP contribution in [0.4, 0.5) is 4.79 Å². The van der Waals surface area contributed by atoms with Gasteiger partial charge < -0.3 is 25.0 Å². The van der Waals surface area contributed by atoms with Gasteiger partial charge in [0.05, 0.1) is 11.0 Å². The van der Waals surface area contributed by atoms with Gasteiger partial charge in [0.15, 0.2) is 0 Å². The normalized spacial score (nSPS) is 22.1. The first-order valence-corrected chi connectivity index (χ1v) is 17.8. The standard InChI is InChI=1S/C41H53N3O6/c1-27(2)33(42-37(49)50-38(3,4)5)34(45)43-24-21-41(22-25-43,30-12-10-9-11-13-30)36(48)44-23-19-32-39(6,7)31(18-20-40(32,8)26-44)28-14-16-29(17-15-28)35(46)47/h9-19,27,33H,20-26H2,1-8H3,(H,42,49)(H,46,47)/t33-,40+/m0/s1. The van der Waals surface area contributed by atoms with Gasteiger partial charge in [-0.1, -0.05) is 94.8 Å². The van der Waals surface area contributed by atoms with Crippen molar-refractivity contribution in [1.29, 1.82) is 0 Å². The molecule has 2 N–H and O–H groups in total. The number of ether oxygens (including phenoxy) is 1. The quantitative estimate of drug-likeness (QED) is 0.302. The number of hydrogen-bond donors (Lipinski definition) is 2. The predicted molar refractivity (Wildman–Crippen MR) is 194 cm³/mol. The number of benzene rings is 2. The molecule has 50 heavy (non-hydrogen) atoms. The van der Waals surface area contributed by atoms with Crippen LogP contribution in [-0.4, -0.2) is 76.6 Å². The third-order valence-electron chi connectivity index (χ3n) is 10.8. The number of fused-ring (bicyclic) bond motifs is 1. The number of alkyl carbamates (subject to hydrolysis) is 1. The Labute approximate surface area is 296 Å². The molecule has 3 amide bonds. The molecule has 2 heterocycles. The molecule has 0 spiro atoms. The van der Waals surface area contributed by atoms with Crippen molar-refractivity contribution in [3.63, 3.8) is 0 Å². The van der Waals surface area contributed by atoms with E-state index in [2.05, 4.69) is 38.2 Å². The Kier molecular flexibility index (Phi) is 10.1. The monoisotopic (exact) mass is 683 g/mol. The first kappa shape index (κ1) is 36.9. The minimum Gasteiger partial charge on any atom is -0.478 e. The second-order valence-electron chi connectivity index (χ2n) is 16.3. The van der Waals surface area contributed by atoms with Gasteiger partial charge in [0.2, 0.25) is 11.8 Å². The molecule has 1 saturated heterocycles. The van der Waals surface area contributed by atoms with Crippen LogP contribution in [0.15, 0.2) is 72.3 Å². The van der Waals surface area contributed by atoms with Crippen molar-refractivity contribution in [1.82, 2.24) is 15.1 Å². The molecule has 268 valence electrons. The summed E-state index contributed by atoms with van der Waals surface area (Å²) in [5.41, 5.74) is 2.63. The van der Waals surface area contributed by atoms with Crippen LogP contribution < -0.4 is 5.32 Å². The van der Waals surface area contributed by atoms with E-state index in [0.717, 1.165) is 23.1 Å². The van der Waals surface area contributed by atoms with Gasteiger partial charge in [-0.05, 0) is 74.8 Å². The lowest BCUT2D eigenvalue weighted by Gasteiger charge is -2.52. The molecule has 0 bridgehead atoms. The fourth-order valence-corrected chi connectivity index (χ4v) is 8.30. The summed E-state index contributed by atoms with van der Waals surface area (Å²) in [6.45, 7) is 17.7. The SMILES string of the molecule is CC(C)[C@H](NC(=O)OC(C)(C)C)C(=O)N1CCC(C(=O)N2CC=C3C(C)(C)C(c4ccc(C(=O)O)cc4)=CC[C@]3(C)C2)(c2ccccc2)CC1. The van der Waals surface area contributed by atoms with Crippen LogP contribution in [0.25, 0.3) is 5.57 Å². The lowest BCUT2D eigenvalue weighted by Crippen LogP contribution is -2.59. The zero-order valence-electron chi connectivity index (χ0n) is 30.8. The van der Waals surface area contributed by atoms with Crippen LogP contribution >= 0.6 is 0 Å². The topological polar surface area (TPSA) is 116 Å². The van der Waals surface area contributed by atoms with Crippen molar-refractivity contribution in [2.45, 2.75) is 91.7 Å². The predicted octanol–water partition coefficient (Wildman–Crippen LogP) is 7.08. The number of carbonyl (C=O) groups excluding carboxylic acids is 3. The number of aromatic carboxylic acids is 1. The van der Waals surface area contributed by atoms with Gasteiger partial charge in [0, 0.05) is 37.0 Å². The number of carbonyl (C=O) groups is 4. The van der Waals surface area contributed by atoms with Crippen LogP contribution in [0.1, 0.15) is 96.1 Å². The first-order chi connectivity index (χ1) is 23.4. The molecule has 9 heteroatoms. The molecule has 3 aliphatic rings. The summed E-state index contributed by atoms with van der Waals surface area (Å²) in [7, 11) is 0. The Morgan fingerprint density at radius 3 is 2.06 bits per heavy atom. The van der Waals surface area contributed by atoms with Crippen molar-refractivity contribution in [3.05, 3.63) is 89.0 Å². The minimum atomic E-state index is -0.943. The highest BCUT2D eigenvalue weighted by atomic mass is 16.6. The summed E-state index contributed by atoms with van der Waals surface area (Å²) >= 11 is 0. The summed E-state index contributed by atoms with van der Waals surface area (Å²) in [5.74, 6) is -1.17. The van der Waals surface area contributed by atoms with Crippen molar-refractivity contribution in [3.8, 4) is 0 Å². The molecule has 2 aromatic carbocycles. The van der Waals surface area contributed by atoms with Crippen LogP contribution in [0.5, 0.6) is 0 Å².